The maximum atomic E-state index is 13.2. The fourth-order valence-corrected chi connectivity index (χ4v) is 3.17. The van der Waals surface area contributed by atoms with Crippen LogP contribution in [0.3, 0.4) is 0 Å². The van der Waals surface area contributed by atoms with Crippen LogP contribution in [0.1, 0.15) is 41.8 Å². The Labute approximate surface area is 148 Å². The summed E-state index contributed by atoms with van der Waals surface area (Å²) in [4.78, 5) is 4.88. The van der Waals surface area contributed by atoms with Crippen molar-refractivity contribution >= 4 is 11.0 Å². The largest absolute Gasteiger partial charge is 0.330 e. The fourth-order valence-electron chi connectivity index (χ4n) is 3.17. The number of fused-ring (bicyclic) bond motifs is 1. The van der Waals surface area contributed by atoms with E-state index in [1.54, 1.807) is 0 Å². The number of rotatable bonds is 7. The average Bonchev–Trinajstić information content (AvgIpc) is 2.91. The van der Waals surface area contributed by atoms with Crippen LogP contribution >= 0.6 is 0 Å². The first-order valence-electron chi connectivity index (χ1n) is 8.99. The number of aryl methyl sites for hydroxylation is 3. The van der Waals surface area contributed by atoms with Gasteiger partial charge in [-0.25, -0.2) is 9.37 Å². The molecule has 2 N–H and O–H groups in total. The minimum atomic E-state index is -0.201. The van der Waals surface area contributed by atoms with Crippen molar-refractivity contribution in [2.75, 3.05) is 6.54 Å². The SMILES string of the molecule is Cc1cc2nc(CCCCCN)n(Cc3ccc(F)cc3)c2cc1C. The van der Waals surface area contributed by atoms with E-state index in [0.717, 1.165) is 54.6 Å². The van der Waals surface area contributed by atoms with Gasteiger partial charge < -0.3 is 10.3 Å². The summed E-state index contributed by atoms with van der Waals surface area (Å²) in [6.07, 6.45) is 4.20. The van der Waals surface area contributed by atoms with Gasteiger partial charge in [0.2, 0.25) is 0 Å². The molecule has 0 amide bonds. The van der Waals surface area contributed by atoms with Gasteiger partial charge in [0.1, 0.15) is 11.6 Å². The fraction of sp³-hybridized carbons (Fsp3) is 0.381. The second-order valence-corrected chi connectivity index (χ2v) is 6.77. The topological polar surface area (TPSA) is 43.8 Å². The molecule has 0 saturated heterocycles. The van der Waals surface area contributed by atoms with E-state index in [1.165, 1.54) is 23.3 Å². The van der Waals surface area contributed by atoms with Crippen LogP contribution in [0.2, 0.25) is 0 Å². The molecule has 132 valence electrons. The maximum Gasteiger partial charge on any atom is 0.123 e. The number of halogens is 1. The summed E-state index contributed by atoms with van der Waals surface area (Å²) < 4.78 is 15.5. The van der Waals surface area contributed by atoms with Crippen molar-refractivity contribution < 1.29 is 4.39 Å². The van der Waals surface area contributed by atoms with E-state index in [2.05, 4.69) is 30.5 Å². The zero-order chi connectivity index (χ0) is 17.8. The summed E-state index contributed by atoms with van der Waals surface area (Å²) in [7, 11) is 0. The molecule has 0 aliphatic heterocycles. The van der Waals surface area contributed by atoms with E-state index in [1.807, 2.05) is 12.1 Å². The van der Waals surface area contributed by atoms with Gasteiger partial charge in [-0.1, -0.05) is 18.6 Å². The third-order valence-corrected chi connectivity index (χ3v) is 4.80. The zero-order valence-electron chi connectivity index (χ0n) is 15.1. The molecule has 1 heterocycles. The number of benzene rings is 2. The summed E-state index contributed by atoms with van der Waals surface area (Å²) in [6, 6.07) is 11.1. The third-order valence-electron chi connectivity index (χ3n) is 4.80. The van der Waals surface area contributed by atoms with Gasteiger partial charge in [-0.3, -0.25) is 0 Å². The average molecular weight is 339 g/mol. The van der Waals surface area contributed by atoms with E-state index in [-0.39, 0.29) is 5.82 Å². The predicted octanol–water partition coefficient (Wildman–Crippen LogP) is 4.51. The van der Waals surface area contributed by atoms with Crippen molar-refractivity contribution in [1.29, 1.82) is 0 Å². The second-order valence-electron chi connectivity index (χ2n) is 6.77. The molecular weight excluding hydrogens is 313 g/mol. The molecule has 3 rings (SSSR count). The van der Waals surface area contributed by atoms with Gasteiger partial charge in [0, 0.05) is 13.0 Å². The van der Waals surface area contributed by atoms with Gasteiger partial charge in [0.15, 0.2) is 0 Å². The van der Waals surface area contributed by atoms with Crippen molar-refractivity contribution in [1.82, 2.24) is 9.55 Å². The highest BCUT2D eigenvalue weighted by atomic mass is 19.1. The lowest BCUT2D eigenvalue weighted by atomic mass is 10.1. The Morgan fingerprint density at radius 1 is 1.00 bits per heavy atom. The predicted molar refractivity (Wildman–Crippen MR) is 101 cm³/mol. The van der Waals surface area contributed by atoms with Crippen molar-refractivity contribution in [2.45, 2.75) is 46.1 Å². The highest BCUT2D eigenvalue weighted by Gasteiger charge is 2.12. The van der Waals surface area contributed by atoms with Crippen LogP contribution in [-0.4, -0.2) is 16.1 Å². The molecule has 25 heavy (non-hydrogen) atoms. The standard InChI is InChI=1S/C21H26FN3/c1-15-12-19-20(13-16(15)2)25(14-17-7-9-18(22)10-8-17)21(24-19)6-4-3-5-11-23/h7-10,12-13H,3-6,11,14,23H2,1-2H3. The van der Waals surface area contributed by atoms with E-state index in [9.17, 15) is 4.39 Å². The molecule has 0 radical (unpaired) electrons. The molecule has 0 fully saturated rings. The van der Waals surface area contributed by atoms with Crippen LogP contribution < -0.4 is 5.73 Å². The van der Waals surface area contributed by atoms with Gasteiger partial charge in [-0.15, -0.1) is 0 Å². The Morgan fingerprint density at radius 3 is 2.44 bits per heavy atom. The van der Waals surface area contributed by atoms with Crippen molar-refractivity contribution in [3.05, 3.63) is 64.7 Å². The zero-order valence-corrected chi connectivity index (χ0v) is 15.1. The minimum Gasteiger partial charge on any atom is -0.330 e. The summed E-state index contributed by atoms with van der Waals surface area (Å²) >= 11 is 0. The molecule has 2 aromatic carbocycles. The normalized spacial score (nSPS) is 11.4. The lowest BCUT2D eigenvalue weighted by Crippen LogP contribution is -2.06. The van der Waals surface area contributed by atoms with Gasteiger partial charge >= 0.3 is 0 Å². The molecule has 0 aliphatic carbocycles. The van der Waals surface area contributed by atoms with Crippen LogP contribution in [0.5, 0.6) is 0 Å². The number of nitrogens with zero attached hydrogens (tertiary/aromatic N) is 2. The van der Waals surface area contributed by atoms with Crippen LogP contribution in [0.15, 0.2) is 36.4 Å². The Kier molecular flexibility index (Phi) is 5.49. The second kappa shape index (κ2) is 7.79. The van der Waals surface area contributed by atoms with E-state index < -0.39 is 0 Å². The summed E-state index contributed by atoms with van der Waals surface area (Å²) in [5.74, 6) is 0.897. The van der Waals surface area contributed by atoms with Crippen LogP contribution in [-0.2, 0) is 13.0 Å². The van der Waals surface area contributed by atoms with E-state index >= 15 is 0 Å². The van der Waals surface area contributed by atoms with E-state index in [0.29, 0.717) is 6.54 Å². The molecule has 4 heteroatoms. The quantitative estimate of drug-likeness (QED) is 0.644. The Balaban J connectivity index is 1.96. The summed E-state index contributed by atoms with van der Waals surface area (Å²) in [6.45, 7) is 5.70. The number of imidazole rings is 1. The van der Waals surface area contributed by atoms with Crippen LogP contribution in [0.25, 0.3) is 11.0 Å². The number of aromatic nitrogens is 2. The molecule has 0 atom stereocenters. The highest BCUT2D eigenvalue weighted by Crippen LogP contribution is 2.23. The van der Waals surface area contributed by atoms with Crippen LogP contribution in [0.4, 0.5) is 4.39 Å². The minimum absolute atomic E-state index is 0.201. The molecule has 0 spiro atoms. The molecular formula is C21H26FN3. The molecule has 0 bridgehead atoms. The first-order chi connectivity index (χ1) is 12.1. The molecule has 0 unspecified atom stereocenters. The Morgan fingerprint density at radius 2 is 1.72 bits per heavy atom. The number of nitrogens with two attached hydrogens (primary N) is 1. The molecule has 1 aromatic heterocycles. The first kappa shape index (κ1) is 17.6. The van der Waals surface area contributed by atoms with Gasteiger partial charge in [0.05, 0.1) is 11.0 Å². The molecule has 3 aromatic rings. The summed E-state index contributed by atoms with van der Waals surface area (Å²) in [5.41, 5.74) is 11.4. The Bertz CT molecular complexity index is 850. The lowest BCUT2D eigenvalue weighted by molar-refractivity contribution is 0.624. The smallest absolute Gasteiger partial charge is 0.123 e. The number of hydrogen-bond donors (Lipinski definition) is 1. The number of hydrogen-bond acceptors (Lipinski definition) is 2. The van der Waals surface area contributed by atoms with Crippen molar-refractivity contribution in [3.8, 4) is 0 Å². The van der Waals surface area contributed by atoms with E-state index in [4.69, 9.17) is 10.7 Å². The summed E-state index contributed by atoms with van der Waals surface area (Å²) in [5, 5.41) is 0. The maximum absolute atomic E-state index is 13.2. The number of unbranched alkanes of at least 4 members (excludes halogenated alkanes) is 2. The lowest BCUT2D eigenvalue weighted by Gasteiger charge is -2.10. The molecule has 0 aliphatic rings. The first-order valence-corrected chi connectivity index (χ1v) is 8.99. The Hall–Kier alpha value is -2.20. The highest BCUT2D eigenvalue weighted by molar-refractivity contribution is 5.78. The van der Waals surface area contributed by atoms with Gasteiger partial charge in [-0.05, 0) is 74.2 Å². The van der Waals surface area contributed by atoms with Crippen molar-refractivity contribution in [3.63, 3.8) is 0 Å². The van der Waals surface area contributed by atoms with Gasteiger partial charge in [0.25, 0.3) is 0 Å². The third kappa shape index (κ3) is 4.07. The van der Waals surface area contributed by atoms with Gasteiger partial charge in [-0.2, -0.15) is 0 Å². The molecule has 3 nitrogen and oxygen atoms in total. The van der Waals surface area contributed by atoms with Crippen molar-refractivity contribution in [2.24, 2.45) is 5.73 Å². The monoisotopic (exact) mass is 339 g/mol. The van der Waals surface area contributed by atoms with Crippen LogP contribution in [0, 0.1) is 19.7 Å². The molecule has 0 saturated carbocycles.